The molecule has 0 aliphatic heterocycles. The minimum Gasteiger partial charge on any atom is -0.304 e. The maximum Gasteiger partial charge on any atom is 0.0940 e. The summed E-state index contributed by atoms with van der Waals surface area (Å²) in [7, 11) is 0. The molecule has 0 atom stereocenters. The van der Waals surface area contributed by atoms with E-state index in [-0.39, 0.29) is 0 Å². The summed E-state index contributed by atoms with van der Waals surface area (Å²) in [6, 6.07) is 8.96. The number of nitrogens with zero attached hydrogens (tertiary/aromatic N) is 1. The average molecular weight is 321 g/mol. The van der Waals surface area contributed by atoms with Crippen molar-refractivity contribution in [2.24, 2.45) is 0 Å². The zero-order chi connectivity index (χ0) is 13.8. The van der Waals surface area contributed by atoms with Crippen LogP contribution in [0.3, 0.4) is 0 Å². The van der Waals surface area contributed by atoms with Crippen LogP contribution in [-0.2, 0) is 6.42 Å². The Morgan fingerprint density at radius 3 is 2.30 bits per heavy atom. The molecule has 1 N–H and O–H groups in total. The molecule has 0 fully saturated rings. The molecule has 0 radical (unpaired) electrons. The van der Waals surface area contributed by atoms with Gasteiger partial charge in [0.25, 0.3) is 0 Å². The molecule has 104 valence electrons. The molecule has 20 heavy (non-hydrogen) atoms. The van der Waals surface area contributed by atoms with Crippen LogP contribution >= 0.6 is 34.0 Å². The summed E-state index contributed by atoms with van der Waals surface area (Å²) in [6.45, 7) is 3.00. The third-order valence-corrected chi connectivity index (χ3v) is 5.91. The van der Waals surface area contributed by atoms with Gasteiger partial charge in [-0.2, -0.15) is 0 Å². The second-order valence-electron chi connectivity index (χ2n) is 4.55. The molecule has 0 spiro atoms. The Kier molecular flexibility index (Phi) is 4.62. The van der Waals surface area contributed by atoms with E-state index in [0.717, 1.165) is 18.7 Å². The van der Waals surface area contributed by atoms with Crippen LogP contribution in [0.2, 0.25) is 0 Å². The molecule has 5 heteroatoms. The number of thiophene rings is 2. The van der Waals surface area contributed by atoms with Gasteiger partial charge in [-0.1, -0.05) is 12.1 Å². The zero-order valence-electron chi connectivity index (χ0n) is 11.2. The number of hydrogen-bond acceptors (Lipinski definition) is 5. The fourth-order valence-corrected chi connectivity index (χ4v) is 4.58. The van der Waals surface area contributed by atoms with Gasteiger partial charge in [0.05, 0.1) is 11.0 Å². The molecule has 0 aliphatic rings. The summed E-state index contributed by atoms with van der Waals surface area (Å²) < 4.78 is 0. The van der Waals surface area contributed by atoms with Gasteiger partial charge in [0.2, 0.25) is 0 Å². The highest BCUT2D eigenvalue weighted by Crippen LogP contribution is 2.29. The summed E-state index contributed by atoms with van der Waals surface area (Å²) in [5.74, 6) is 0. The second kappa shape index (κ2) is 6.63. The molecular formula is C15H16N2S3. The van der Waals surface area contributed by atoms with E-state index < -0.39 is 0 Å². The fraction of sp³-hybridized carbons (Fsp3) is 0.267. The van der Waals surface area contributed by atoms with Gasteiger partial charge in [-0.05, 0) is 29.8 Å². The van der Waals surface area contributed by atoms with Crippen LogP contribution < -0.4 is 5.32 Å². The first kappa shape index (κ1) is 13.9. The molecule has 3 rings (SSSR count). The molecule has 3 aromatic heterocycles. The third kappa shape index (κ3) is 3.35. The Bertz CT molecular complexity index is 592. The van der Waals surface area contributed by atoms with Gasteiger partial charge in [-0.15, -0.1) is 34.0 Å². The van der Waals surface area contributed by atoms with E-state index in [0.29, 0.717) is 6.04 Å². The monoisotopic (exact) mass is 320 g/mol. The highest BCUT2D eigenvalue weighted by Gasteiger charge is 2.15. The van der Waals surface area contributed by atoms with Crippen LogP contribution in [0.1, 0.15) is 26.5 Å². The van der Waals surface area contributed by atoms with Crippen LogP contribution in [0.4, 0.5) is 0 Å². The van der Waals surface area contributed by atoms with E-state index in [1.165, 1.54) is 14.8 Å². The predicted octanol–water partition coefficient (Wildman–Crippen LogP) is 4.50. The summed E-state index contributed by atoms with van der Waals surface area (Å²) in [5, 5.41) is 11.3. The molecule has 2 nitrogen and oxygen atoms in total. The van der Waals surface area contributed by atoms with Crippen molar-refractivity contribution in [3.05, 3.63) is 60.9 Å². The minimum absolute atomic E-state index is 0.316. The highest BCUT2D eigenvalue weighted by atomic mass is 32.1. The normalized spacial score (nSPS) is 11.3. The van der Waals surface area contributed by atoms with Crippen LogP contribution in [0.5, 0.6) is 0 Å². The first-order valence-corrected chi connectivity index (χ1v) is 9.18. The lowest BCUT2D eigenvalue weighted by molar-refractivity contribution is 0.620. The van der Waals surface area contributed by atoms with Crippen LogP contribution in [0, 0.1) is 6.92 Å². The topological polar surface area (TPSA) is 24.9 Å². The minimum atomic E-state index is 0.316. The SMILES string of the molecule is Cc1csc(CCNC(c2cccs2)c2cccs2)n1. The lowest BCUT2D eigenvalue weighted by Crippen LogP contribution is -2.23. The first-order chi connectivity index (χ1) is 9.83. The lowest BCUT2D eigenvalue weighted by Gasteiger charge is -2.15. The van der Waals surface area contributed by atoms with E-state index in [1.54, 1.807) is 11.3 Å². The molecule has 0 saturated carbocycles. The number of aromatic nitrogens is 1. The van der Waals surface area contributed by atoms with E-state index in [2.05, 4.69) is 50.7 Å². The average Bonchev–Trinajstić information content (AvgIpc) is 3.18. The Balaban J connectivity index is 1.65. The first-order valence-electron chi connectivity index (χ1n) is 6.54. The van der Waals surface area contributed by atoms with Crippen LogP contribution in [0.25, 0.3) is 0 Å². The Morgan fingerprint density at radius 2 is 1.80 bits per heavy atom. The maximum atomic E-state index is 4.52. The van der Waals surface area contributed by atoms with Crippen LogP contribution in [-0.4, -0.2) is 11.5 Å². The number of hydrogen-bond donors (Lipinski definition) is 1. The number of rotatable bonds is 6. The van der Waals surface area contributed by atoms with Crippen molar-refractivity contribution in [3.8, 4) is 0 Å². The number of nitrogens with one attached hydrogen (secondary N) is 1. The van der Waals surface area contributed by atoms with E-state index in [9.17, 15) is 0 Å². The third-order valence-electron chi connectivity index (χ3n) is 3.01. The quantitative estimate of drug-likeness (QED) is 0.723. The van der Waals surface area contributed by atoms with E-state index >= 15 is 0 Å². The molecule has 0 saturated heterocycles. The molecule has 0 amide bonds. The molecule has 0 aliphatic carbocycles. The van der Waals surface area contributed by atoms with Gasteiger partial charge in [-0.3, -0.25) is 0 Å². The van der Waals surface area contributed by atoms with Crippen molar-refractivity contribution in [3.63, 3.8) is 0 Å². The van der Waals surface area contributed by atoms with Gasteiger partial charge in [0.15, 0.2) is 0 Å². The van der Waals surface area contributed by atoms with Gasteiger partial charge < -0.3 is 5.32 Å². The van der Waals surface area contributed by atoms with Crippen molar-refractivity contribution in [1.82, 2.24) is 10.3 Å². The van der Waals surface area contributed by atoms with E-state index in [1.807, 2.05) is 29.6 Å². The Hall–Kier alpha value is -1.01. The van der Waals surface area contributed by atoms with Gasteiger partial charge in [0, 0.05) is 33.8 Å². The van der Waals surface area contributed by atoms with Gasteiger partial charge in [-0.25, -0.2) is 4.98 Å². The highest BCUT2D eigenvalue weighted by molar-refractivity contribution is 7.11. The molecule has 0 unspecified atom stereocenters. The predicted molar refractivity (Wildman–Crippen MR) is 89.0 cm³/mol. The number of thiazole rings is 1. The van der Waals surface area contributed by atoms with Crippen molar-refractivity contribution in [2.75, 3.05) is 6.54 Å². The van der Waals surface area contributed by atoms with Crippen molar-refractivity contribution in [1.29, 1.82) is 0 Å². The smallest absolute Gasteiger partial charge is 0.0940 e. The Labute approximate surface area is 131 Å². The zero-order valence-corrected chi connectivity index (χ0v) is 13.7. The van der Waals surface area contributed by atoms with E-state index in [4.69, 9.17) is 0 Å². The number of aryl methyl sites for hydroxylation is 1. The van der Waals surface area contributed by atoms with Crippen molar-refractivity contribution >= 4 is 34.0 Å². The summed E-state index contributed by atoms with van der Waals surface area (Å²) >= 11 is 5.37. The largest absolute Gasteiger partial charge is 0.304 e. The summed E-state index contributed by atoms with van der Waals surface area (Å²) in [5.41, 5.74) is 1.12. The maximum absolute atomic E-state index is 4.52. The standard InChI is InChI=1S/C15H16N2S3/c1-11-10-20-14(17-11)6-7-16-15(12-4-2-8-18-12)13-5-3-9-19-13/h2-5,8-10,15-16H,6-7H2,1H3. The molecule has 3 heterocycles. The van der Waals surface area contributed by atoms with Crippen LogP contribution in [0.15, 0.2) is 40.4 Å². The molecule has 3 aromatic rings. The summed E-state index contributed by atoms with van der Waals surface area (Å²) in [6.07, 6.45) is 0.992. The second-order valence-corrected chi connectivity index (χ2v) is 7.45. The van der Waals surface area contributed by atoms with Crippen molar-refractivity contribution < 1.29 is 0 Å². The van der Waals surface area contributed by atoms with Crippen molar-refractivity contribution in [2.45, 2.75) is 19.4 Å². The fourth-order valence-electron chi connectivity index (χ4n) is 2.09. The van der Waals surface area contributed by atoms with Gasteiger partial charge >= 0.3 is 0 Å². The Morgan fingerprint density at radius 1 is 1.10 bits per heavy atom. The molecule has 0 aromatic carbocycles. The summed E-state index contributed by atoms with van der Waals surface area (Å²) in [4.78, 5) is 7.27. The molecule has 0 bridgehead atoms. The molecular weight excluding hydrogens is 304 g/mol. The lowest BCUT2D eigenvalue weighted by atomic mass is 10.2. The van der Waals surface area contributed by atoms with Gasteiger partial charge in [0.1, 0.15) is 0 Å².